The molecule has 1 heterocycles. The fourth-order valence-electron chi connectivity index (χ4n) is 3.37. The molecule has 164 valence electrons. The van der Waals surface area contributed by atoms with Crippen molar-refractivity contribution in [2.75, 3.05) is 5.32 Å². The molecule has 0 atom stereocenters. The van der Waals surface area contributed by atoms with Crippen molar-refractivity contribution in [2.45, 2.75) is 16.1 Å². The molecule has 5 aromatic rings. The molecule has 1 N–H and O–H groups in total. The van der Waals surface area contributed by atoms with Crippen LogP contribution in [0, 0.1) is 5.82 Å². The van der Waals surface area contributed by atoms with Gasteiger partial charge in [-0.25, -0.2) is 14.4 Å². The van der Waals surface area contributed by atoms with Crippen LogP contribution in [0.5, 0.6) is 0 Å². The van der Waals surface area contributed by atoms with Gasteiger partial charge in [-0.2, -0.15) is 13.2 Å². The van der Waals surface area contributed by atoms with Gasteiger partial charge in [-0.3, -0.25) is 0 Å². The Morgan fingerprint density at radius 2 is 1.33 bits per heavy atom. The van der Waals surface area contributed by atoms with Crippen LogP contribution in [0.25, 0.3) is 21.8 Å². The standard InChI is InChI=1S/C25H15F4N3S/c26-18-7-11-20(12-8-18)33-24-23(30-19-9-5-17(6-10-19)25(27,28)29)31-21-13-15-3-1-2-4-16(15)14-22(21)32-24/h1-14H,(H,30,31). The number of anilines is 2. The van der Waals surface area contributed by atoms with Crippen LogP contribution < -0.4 is 5.32 Å². The van der Waals surface area contributed by atoms with Crippen molar-refractivity contribution < 1.29 is 17.6 Å². The number of hydrogen-bond donors (Lipinski definition) is 1. The van der Waals surface area contributed by atoms with Gasteiger partial charge in [-0.1, -0.05) is 36.0 Å². The summed E-state index contributed by atoms with van der Waals surface area (Å²) in [4.78, 5) is 10.2. The van der Waals surface area contributed by atoms with Crippen LogP contribution in [0.1, 0.15) is 5.56 Å². The van der Waals surface area contributed by atoms with Crippen molar-refractivity contribution in [3.8, 4) is 0 Å². The summed E-state index contributed by atoms with van der Waals surface area (Å²) in [5.41, 5.74) is 1.03. The smallest absolute Gasteiger partial charge is 0.338 e. The highest BCUT2D eigenvalue weighted by Crippen LogP contribution is 2.35. The SMILES string of the molecule is Fc1ccc(Sc2nc3cc4ccccc4cc3nc2Nc2ccc(C(F)(F)F)cc2)cc1. The lowest BCUT2D eigenvalue weighted by Crippen LogP contribution is -2.05. The van der Waals surface area contributed by atoms with Crippen molar-refractivity contribution >= 4 is 45.1 Å². The van der Waals surface area contributed by atoms with Gasteiger partial charge in [-0.15, -0.1) is 0 Å². The largest absolute Gasteiger partial charge is 0.416 e. The topological polar surface area (TPSA) is 37.8 Å². The number of nitrogens with one attached hydrogen (secondary N) is 1. The van der Waals surface area contributed by atoms with Gasteiger partial charge in [-0.05, 0) is 71.4 Å². The highest BCUT2D eigenvalue weighted by Gasteiger charge is 2.30. The minimum Gasteiger partial charge on any atom is -0.338 e. The predicted molar refractivity (Wildman–Crippen MR) is 122 cm³/mol. The quantitative estimate of drug-likeness (QED) is 0.217. The Labute approximate surface area is 190 Å². The highest BCUT2D eigenvalue weighted by atomic mass is 32.2. The highest BCUT2D eigenvalue weighted by molar-refractivity contribution is 7.99. The molecule has 0 aliphatic carbocycles. The van der Waals surface area contributed by atoms with E-state index in [2.05, 4.69) is 5.32 Å². The average molecular weight is 465 g/mol. The molecule has 0 fully saturated rings. The Balaban J connectivity index is 1.58. The van der Waals surface area contributed by atoms with Gasteiger partial charge in [0, 0.05) is 10.6 Å². The Hall–Kier alpha value is -3.65. The maximum atomic E-state index is 13.3. The normalized spacial score (nSPS) is 11.8. The van der Waals surface area contributed by atoms with Gasteiger partial charge in [0.15, 0.2) is 5.82 Å². The third kappa shape index (κ3) is 4.61. The molecule has 0 saturated heterocycles. The molecule has 5 rings (SSSR count). The van der Waals surface area contributed by atoms with Crippen LogP contribution in [-0.2, 0) is 6.18 Å². The van der Waals surface area contributed by atoms with E-state index in [1.807, 2.05) is 36.4 Å². The van der Waals surface area contributed by atoms with Crippen LogP contribution in [0.15, 0.2) is 94.9 Å². The summed E-state index contributed by atoms with van der Waals surface area (Å²) in [6, 6.07) is 22.4. The summed E-state index contributed by atoms with van der Waals surface area (Å²) in [5.74, 6) is 0.0467. The van der Waals surface area contributed by atoms with Crippen molar-refractivity contribution in [2.24, 2.45) is 0 Å². The fraction of sp³-hybridized carbons (Fsp3) is 0.0400. The molecule has 33 heavy (non-hydrogen) atoms. The second-order valence-electron chi connectivity index (χ2n) is 7.32. The van der Waals surface area contributed by atoms with Gasteiger partial charge < -0.3 is 5.32 Å². The summed E-state index contributed by atoms with van der Waals surface area (Å²) in [6.07, 6.45) is -4.41. The van der Waals surface area contributed by atoms with E-state index in [1.54, 1.807) is 12.1 Å². The number of nitrogens with zero attached hydrogens (tertiary/aromatic N) is 2. The van der Waals surface area contributed by atoms with E-state index in [1.165, 1.54) is 36.0 Å². The van der Waals surface area contributed by atoms with E-state index in [9.17, 15) is 17.6 Å². The molecule has 0 spiro atoms. The number of rotatable bonds is 4. The number of halogens is 4. The maximum Gasteiger partial charge on any atom is 0.416 e. The Morgan fingerprint density at radius 1 is 0.727 bits per heavy atom. The van der Waals surface area contributed by atoms with Gasteiger partial charge in [0.1, 0.15) is 10.8 Å². The number of fused-ring (bicyclic) bond motifs is 2. The van der Waals surface area contributed by atoms with E-state index >= 15 is 0 Å². The number of aromatic nitrogens is 2. The third-order valence-corrected chi connectivity index (χ3v) is 5.99. The van der Waals surface area contributed by atoms with Gasteiger partial charge >= 0.3 is 6.18 Å². The van der Waals surface area contributed by atoms with E-state index in [-0.39, 0.29) is 5.82 Å². The zero-order valence-electron chi connectivity index (χ0n) is 16.9. The molecular weight excluding hydrogens is 450 g/mol. The third-order valence-electron chi connectivity index (χ3n) is 5.00. The summed E-state index contributed by atoms with van der Waals surface area (Å²) >= 11 is 1.29. The van der Waals surface area contributed by atoms with E-state index in [4.69, 9.17) is 9.97 Å². The van der Waals surface area contributed by atoms with Crippen LogP contribution in [0.2, 0.25) is 0 Å². The molecular formula is C25H15F4N3S. The Morgan fingerprint density at radius 3 is 1.94 bits per heavy atom. The molecule has 0 amide bonds. The van der Waals surface area contributed by atoms with Crippen molar-refractivity contribution in [3.05, 3.63) is 96.3 Å². The average Bonchev–Trinajstić information content (AvgIpc) is 2.79. The minimum absolute atomic E-state index is 0.349. The number of alkyl halides is 3. The zero-order valence-corrected chi connectivity index (χ0v) is 17.7. The zero-order chi connectivity index (χ0) is 23.0. The molecule has 0 aliphatic rings. The molecule has 0 bridgehead atoms. The molecule has 0 radical (unpaired) electrons. The van der Waals surface area contributed by atoms with Crippen molar-refractivity contribution in [1.82, 2.24) is 9.97 Å². The molecule has 8 heteroatoms. The van der Waals surface area contributed by atoms with E-state index in [0.717, 1.165) is 27.8 Å². The minimum atomic E-state index is -4.41. The maximum absolute atomic E-state index is 13.3. The molecule has 1 aromatic heterocycles. The number of benzene rings is 4. The lowest BCUT2D eigenvalue weighted by molar-refractivity contribution is -0.137. The van der Waals surface area contributed by atoms with Gasteiger partial charge in [0.05, 0.1) is 16.6 Å². The molecule has 4 aromatic carbocycles. The summed E-state index contributed by atoms with van der Waals surface area (Å²) in [6.45, 7) is 0. The summed E-state index contributed by atoms with van der Waals surface area (Å²) in [7, 11) is 0. The Bertz CT molecular complexity index is 1450. The monoisotopic (exact) mass is 465 g/mol. The van der Waals surface area contributed by atoms with Gasteiger partial charge in [0.2, 0.25) is 0 Å². The van der Waals surface area contributed by atoms with E-state index < -0.39 is 11.7 Å². The number of hydrogen-bond acceptors (Lipinski definition) is 4. The fourth-order valence-corrected chi connectivity index (χ4v) is 4.20. The summed E-state index contributed by atoms with van der Waals surface area (Å²) < 4.78 is 52.1. The first-order chi connectivity index (χ1) is 15.8. The first-order valence-electron chi connectivity index (χ1n) is 9.93. The van der Waals surface area contributed by atoms with Gasteiger partial charge in [0.25, 0.3) is 0 Å². The van der Waals surface area contributed by atoms with Crippen LogP contribution >= 0.6 is 11.8 Å². The lowest BCUT2D eigenvalue weighted by Gasteiger charge is -2.13. The van der Waals surface area contributed by atoms with Crippen molar-refractivity contribution in [1.29, 1.82) is 0 Å². The molecule has 0 aliphatic heterocycles. The van der Waals surface area contributed by atoms with Crippen LogP contribution in [0.3, 0.4) is 0 Å². The first kappa shape index (κ1) is 21.2. The van der Waals surface area contributed by atoms with Crippen LogP contribution in [-0.4, -0.2) is 9.97 Å². The summed E-state index contributed by atoms with van der Waals surface area (Å²) in [5, 5.41) is 5.62. The second kappa shape index (κ2) is 8.37. The van der Waals surface area contributed by atoms with Crippen LogP contribution in [0.4, 0.5) is 29.1 Å². The van der Waals surface area contributed by atoms with Crippen molar-refractivity contribution in [3.63, 3.8) is 0 Å². The van der Waals surface area contributed by atoms with E-state index in [0.29, 0.717) is 27.6 Å². The molecule has 0 unspecified atom stereocenters. The second-order valence-corrected chi connectivity index (χ2v) is 8.38. The Kier molecular flexibility index (Phi) is 5.38. The molecule has 3 nitrogen and oxygen atoms in total. The predicted octanol–water partition coefficient (Wildman–Crippen LogP) is 7.84. The molecule has 0 saturated carbocycles. The lowest BCUT2D eigenvalue weighted by atomic mass is 10.1. The first-order valence-corrected chi connectivity index (χ1v) is 10.7.